The van der Waals surface area contributed by atoms with Gasteiger partial charge in [-0.3, -0.25) is 9.89 Å². The van der Waals surface area contributed by atoms with Crippen LogP contribution in [-0.4, -0.2) is 41.9 Å². The van der Waals surface area contributed by atoms with Crippen LogP contribution < -0.4 is 5.32 Å². The fourth-order valence-electron chi connectivity index (χ4n) is 3.24. The Morgan fingerprint density at radius 3 is 2.65 bits per heavy atom. The number of aromatic nitrogens is 2. The van der Waals surface area contributed by atoms with Crippen molar-refractivity contribution in [3.63, 3.8) is 0 Å². The first-order chi connectivity index (χ1) is 12.5. The van der Waals surface area contributed by atoms with Gasteiger partial charge in [-0.05, 0) is 43.9 Å². The third kappa shape index (κ3) is 3.52. The molecule has 0 unspecified atom stereocenters. The van der Waals surface area contributed by atoms with Crippen molar-refractivity contribution in [3.8, 4) is 0 Å². The number of carbonyl (C=O) groups excluding carboxylic acids is 1. The highest BCUT2D eigenvalue weighted by Crippen LogP contribution is 2.39. The summed E-state index contributed by atoms with van der Waals surface area (Å²) in [4.78, 5) is 12.7. The van der Waals surface area contributed by atoms with Crippen molar-refractivity contribution < 1.29 is 13.2 Å². The topological polar surface area (TPSA) is 95.2 Å². The van der Waals surface area contributed by atoms with Gasteiger partial charge in [0, 0.05) is 36.3 Å². The summed E-state index contributed by atoms with van der Waals surface area (Å²) in [6.07, 6.45) is 5.10. The monoisotopic (exact) mass is 374 g/mol. The predicted molar refractivity (Wildman–Crippen MR) is 97.6 cm³/mol. The molecule has 1 aliphatic heterocycles. The molecule has 2 aromatic rings. The van der Waals surface area contributed by atoms with Gasteiger partial charge in [-0.2, -0.15) is 9.40 Å². The molecule has 1 aromatic heterocycles. The first kappa shape index (κ1) is 17.2. The average Bonchev–Trinajstić information content (AvgIpc) is 3.42. The summed E-state index contributed by atoms with van der Waals surface area (Å²) in [5, 5.41) is 9.77. The lowest BCUT2D eigenvalue weighted by Gasteiger charge is -2.26. The summed E-state index contributed by atoms with van der Waals surface area (Å²) in [5.74, 6) is 0.613. The number of piperidine rings is 1. The van der Waals surface area contributed by atoms with Gasteiger partial charge in [0.05, 0.1) is 4.90 Å². The highest BCUT2D eigenvalue weighted by molar-refractivity contribution is 7.89. The molecular weight excluding hydrogens is 352 g/mol. The molecule has 2 aliphatic rings. The van der Waals surface area contributed by atoms with Crippen LogP contribution in [0.15, 0.2) is 35.2 Å². The highest BCUT2D eigenvalue weighted by atomic mass is 32.2. The number of aromatic amines is 1. The summed E-state index contributed by atoms with van der Waals surface area (Å²) in [5.41, 5.74) is 1.33. The molecule has 26 heavy (non-hydrogen) atoms. The van der Waals surface area contributed by atoms with E-state index in [2.05, 4.69) is 15.5 Å². The summed E-state index contributed by atoms with van der Waals surface area (Å²) in [6, 6.07) is 8.03. The fraction of sp³-hybridized carbons (Fsp3) is 0.444. The van der Waals surface area contributed by atoms with E-state index in [1.807, 2.05) is 6.07 Å². The maximum absolute atomic E-state index is 12.8. The predicted octanol–water partition coefficient (Wildman–Crippen LogP) is 2.71. The molecule has 138 valence electrons. The van der Waals surface area contributed by atoms with Crippen LogP contribution in [0, 0.1) is 0 Å². The number of benzene rings is 1. The van der Waals surface area contributed by atoms with Gasteiger partial charge in [-0.15, -0.1) is 0 Å². The number of nitrogens with zero attached hydrogens (tertiary/aromatic N) is 2. The molecule has 0 atom stereocenters. The largest absolute Gasteiger partial charge is 0.305 e. The van der Waals surface area contributed by atoms with E-state index >= 15 is 0 Å². The Morgan fingerprint density at radius 1 is 1.15 bits per heavy atom. The minimum atomic E-state index is -3.56. The van der Waals surface area contributed by atoms with E-state index < -0.39 is 10.0 Å². The second kappa shape index (κ2) is 6.85. The van der Waals surface area contributed by atoms with E-state index in [9.17, 15) is 13.2 Å². The van der Waals surface area contributed by atoms with Crippen LogP contribution in [0.5, 0.6) is 0 Å². The lowest BCUT2D eigenvalue weighted by atomic mass is 10.2. The standard InChI is InChI=1S/C18H22N4O3S/c23-18(19-17-12-16(20-21-17)13-7-8-13)14-5-4-6-15(11-14)26(24,25)22-9-2-1-3-10-22/h4-6,11-13H,1-3,7-10H2,(H2,19,20,21,23). The first-order valence-electron chi connectivity index (χ1n) is 9.01. The average molecular weight is 374 g/mol. The maximum Gasteiger partial charge on any atom is 0.256 e. The van der Waals surface area contributed by atoms with Crippen molar-refractivity contribution in [2.75, 3.05) is 18.4 Å². The summed E-state index contributed by atoms with van der Waals surface area (Å²) >= 11 is 0. The number of nitrogens with one attached hydrogen (secondary N) is 2. The Labute approximate surface area is 152 Å². The number of sulfonamides is 1. The van der Waals surface area contributed by atoms with E-state index in [0.29, 0.717) is 30.4 Å². The third-order valence-corrected chi connectivity index (χ3v) is 6.80. The number of H-pyrrole nitrogens is 1. The van der Waals surface area contributed by atoms with Gasteiger partial charge in [0.15, 0.2) is 5.82 Å². The van der Waals surface area contributed by atoms with Crippen LogP contribution >= 0.6 is 0 Å². The zero-order valence-corrected chi connectivity index (χ0v) is 15.3. The fourth-order valence-corrected chi connectivity index (χ4v) is 4.81. The van der Waals surface area contributed by atoms with Gasteiger partial charge < -0.3 is 5.32 Å². The summed E-state index contributed by atoms with van der Waals surface area (Å²) in [7, 11) is -3.56. The number of hydrogen-bond acceptors (Lipinski definition) is 4. The van der Waals surface area contributed by atoms with Crippen molar-refractivity contribution in [3.05, 3.63) is 41.6 Å². The molecule has 0 spiro atoms. The molecule has 2 fully saturated rings. The van der Waals surface area contributed by atoms with Gasteiger partial charge in [0.2, 0.25) is 10.0 Å². The van der Waals surface area contributed by atoms with Gasteiger partial charge in [-0.25, -0.2) is 8.42 Å². The Kier molecular flexibility index (Phi) is 4.54. The quantitative estimate of drug-likeness (QED) is 0.841. The normalized spacial score (nSPS) is 18.6. The van der Waals surface area contributed by atoms with Crippen molar-refractivity contribution in [2.24, 2.45) is 0 Å². The van der Waals surface area contributed by atoms with Gasteiger partial charge >= 0.3 is 0 Å². The SMILES string of the molecule is O=C(Nc1cc(C2CC2)[nH]n1)c1cccc(S(=O)(=O)N2CCCCC2)c1. The molecule has 1 amide bonds. The van der Waals surface area contributed by atoms with Gasteiger partial charge in [-0.1, -0.05) is 12.5 Å². The van der Waals surface area contributed by atoms with E-state index in [1.165, 1.54) is 10.4 Å². The highest BCUT2D eigenvalue weighted by Gasteiger charge is 2.27. The molecule has 2 N–H and O–H groups in total. The van der Waals surface area contributed by atoms with E-state index in [4.69, 9.17) is 0 Å². The van der Waals surface area contributed by atoms with Crippen LogP contribution in [0.2, 0.25) is 0 Å². The molecule has 0 radical (unpaired) electrons. The number of carbonyl (C=O) groups is 1. The van der Waals surface area contributed by atoms with E-state index in [1.54, 1.807) is 18.2 Å². The Hall–Kier alpha value is -2.19. The van der Waals surface area contributed by atoms with Crippen molar-refractivity contribution in [1.82, 2.24) is 14.5 Å². The molecule has 1 aliphatic carbocycles. The minimum absolute atomic E-state index is 0.160. The van der Waals surface area contributed by atoms with Gasteiger partial charge in [0.25, 0.3) is 5.91 Å². The van der Waals surface area contributed by atoms with Gasteiger partial charge in [0.1, 0.15) is 0 Å². The molecular formula is C18H22N4O3S. The molecule has 1 aromatic carbocycles. The summed E-state index contributed by atoms with van der Waals surface area (Å²) in [6.45, 7) is 1.08. The number of rotatable bonds is 5. The Balaban J connectivity index is 1.51. The van der Waals surface area contributed by atoms with E-state index in [-0.39, 0.29) is 10.8 Å². The zero-order valence-electron chi connectivity index (χ0n) is 14.4. The van der Waals surface area contributed by atoms with Crippen LogP contribution in [-0.2, 0) is 10.0 Å². The lowest BCUT2D eigenvalue weighted by molar-refractivity contribution is 0.102. The second-order valence-corrected chi connectivity index (χ2v) is 8.87. The van der Waals surface area contributed by atoms with Crippen LogP contribution in [0.4, 0.5) is 5.82 Å². The van der Waals surface area contributed by atoms with Crippen molar-refractivity contribution >= 4 is 21.7 Å². The zero-order chi connectivity index (χ0) is 18.1. The van der Waals surface area contributed by atoms with Crippen molar-refractivity contribution in [1.29, 1.82) is 0 Å². The maximum atomic E-state index is 12.8. The summed E-state index contributed by atoms with van der Waals surface area (Å²) < 4.78 is 27.1. The second-order valence-electron chi connectivity index (χ2n) is 6.93. The number of hydrogen-bond donors (Lipinski definition) is 2. The van der Waals surface area contributed by atoms with Crippen LogP contribution in [0.3, 0.4) is 0 Å². The Morgan fingerprint density at radius 2 is 1.92 bits per heavy atom. The van der Waals surface area contributed by atoms with Crippen LogP contribution in [0.25, 0.3) is 0 Å². The number of amides is 1. The number of anilines is 1. The molecule has 1 saturated heterocycles. The lowest BCUT2D eigenvalue weighted by Crippen LogP contribution is -2.35. The first-order valence-corrected chi connectivity index (χ1v) is 10.4. The molecule has 2 heterocycles. The molecule has 1 saturated carbocycles. The molecule has 4 rings (SSSR count). The minimum Gasteiger partial charge on any atom is -0.305 e. The Bertz CT molecular complexity index is 912. The molecule has 8 heteroatoms. The molecule has 7 nitrogen and oxygen atoms in total. The molecule has 0 bridgehead atoms. The smallest absolute Gasteiger partial charge is 0.256 e. The van der Waals surface area contributed by atoms with Crippen LogP contribution in [0.1, 0.15) is 54.1 Å². The third-order valence-electron chi connectivity index (χ3n) is 4.91. The van der Waals surface area contributed by atoms with E-state index in [0.717, 1.165) is 37.8 Å². The van der Waals surface area contributed by atoms with Crippen molar-refractivity contribution in [2.45, 2.75) is 42.9 Å².